The predicted molar refractivity (Wildman–Crippen MR) is 89.4 cm³/mol. The largest absolute Gasteiger partial charge is 0.376 e. The molecule has 1 unspecified atom stereocenters. The molecular weight excluding hydrogens is 292 g/mol. The summed E-state index contributed by atoms with van der Waals surface area (Å²) < 4.78 is 11.0. The van der Waals surface area contributed by atoms with Crippen molar-refractivity contribution in [2.75, 3.05) is 38.2 Å². The van der Waals surface area contributed by atoms with E-state index in [0.717, 1.165) is 44.8 Å². The van der Waals surface area contributed by atoms with E-state index < -0.39 is 0 Å². The molecule has 2 aliphatic rings. The third kappa shape index (κ3) is 5.03. The highest BCUT2D eigenvalue weighted by atomic mass is 16.5. The van der Waals surface area contributed by atoms with Crippen LogP contribution in [0.3, 0.4) is 0 Å². The van der Waals surface area contributed by atoms with Crippen LogP contribution < -0.4 is 5.32 Å². The van der Waals surface area contributed by atoms with Gasteiger partial charge in [0.05, 0.1) is 12.7 Å². The molecule has 5 nitrogen and oxygen atoms in total. The highest BCUT2D eigenvalue weighted by Gasteiger charge is 2.17. The standard InChI is InChI=1S/C18H26N2O3/c21-18(14-22-13-16-7-5-11-23-16)19-17-8-2-1-6-15(17)12-20-9-3-4-10-20/h1-2,6,8,16H,3-5,7,9-14H2,(H,19,21). The van der Waals surface area contributed by atoms with E-state index in [-0.39, 0.29) is 18.6 Å². The van der Waals surface area contributed by atoms with Crippen LogP contribution in [0.4, 0.5) is 5.69 Å². The molecule has 23 heavy (non-hydrogen) atoms. The number of hydrogen-bond donors (Lipinski definition) is 1. The topological polar surface area (TPSA) is 50.8 Å². The third-order valence-corrected chi connectivity index (χ3v) is 4.44. The van der Waals surface area contributed by atoms with Crippen LogP contribution in [-0.2, 0) is 20.8 Å². The molecule has 0 radical (unpaired) electrons. The molecule has 3 rings (SSSR count). The lowest BCUT2D eigenvalue weighted by Crippen LogP contribution is -2.24. The number of amides is 1. The molecular formula is C18H26N2O3. The predicted octanol–water partition coefficient (Wildman–Crippen LogP) is 2.42. The van der Waals surface area contributed by atoms with Crippen LogP contribution in [-0.4, -0.2) is 49.8 Å². The Morgan fingerprint density at radius 2 is 2.09 bits per heavy atom. The molecule has 0 saturated carbocycles. The Hall–Kier alpha value is -1.43. The van der Waals surface area contributed by atoms with Gasteiger partial charge in [0.2, 0.25) is 5.91 Å². The lowest BCUT2D eigenvalue weighted by Gasteiger charge is -2.18. The normalized spacial score (nSPS) is 21.7. The minimum Gasteiger partial charge on any atom is -0.376 e. The summed E-state index contributed by atoms with van der Waals surface area (Å²) in [6.07, 6.45) is 4.81. The van der Waals surface area contributed by atoms with Crippen molar-refractivity contribution in [2.24, 2.45) is 0 Å². The Bertz CT molecular complexity index is 509. The van der Waals surface area contributed by atoms with Gasteiger partial charge in [-0.15, -0.1) is 0 Å². The van der Waals surface area contributed by atoms with Crippen LogP contribution in [0, 0.1) is 0 Å². The van der Waals surface area contributed by atoms with E-state index in [1.165, 1.54) is 18.4 Å². The number of nitrogens with zero attached hydrogens (tertiary/aromatic N) is 1. The van der Waals surface area contributed by atoms with Crippen LogP contribution in [0.2, 0.25) is 0 Å². The molecule has 1 amide bonds. The molecule has 0 spiro atoms. The van der Waals surface area contributed by atoms with Gasteiger partial charge in [0.25, 0.3) is 0 Å². The molecule has 0 aliphatic carbocycles. The van der Waals surface area contributed by atoms with Gasteiger partial charge in [-0.1, -0.05) is 18.2 Å². The van der Waals surface area contributed by atoms with Crippen molar-refractivity contribution in [3.8, 4) is 0 Å². The number of carbonyl (C=O) groups is 1. The maximum atomic E-state index is 12.1. The zero-order chi connectivity index (χ0) is 15.9. The molecule has 1 atom stereocenters. The molecule has 1 aromatic rings. The first-order valence-corrected chi connectivity index (χ1v) is 8.61. The van der Waals surface area contributed by atoms with E-state index in [0.29, 0.717) is 6.61 Å². The highest BCUT2D eigenvalue weighted by Crippen LogP contribution is 2.20. The van der Waals surface area contributed by atoms with Crippen LogP contribution >= 0.6 is 0 Å². The van der Waals surface area contributed by atoms with Crippen molar-refractivity contribution in [1.29, 1.82) is 0 Å². The van der Waals surface area contributed by atoms with E-state index in [1.807, 2.05) is 18.2 Å². The van der Waals surface area contributed by atoms with Gasteiger partial charge in [-0.25, -0.2) is 0 Å². The lowest BCUT2D eigenvalue weighted by atomic mass is 10.1. The van der Waals surface area contributed by atoms with Gasteiger partial charge in [0.15, 0.2) is 0 Å². The van der Waals surface area contributed by atoms with Gasteiger partial charge in [0.1, 0.15) is 6.61 Å². The monoisotopic (exact) mass is 318 g/mol. The lowest BCUT2D eigenvalue weighted by molar-refractivity contribution is -0.121. The maximum absolute atomic E-state index is 12.1. The van der Waals surface area contributed by atoms with Gasteiger partial charge in [0, 0.05) is 18.8 Å². The number of carbonyl (C=O) groups excluding carboxylic acids is 1. The smallest absolute Gasteiger partial charge is 0.250 e. The molecule has 126 valence electrons. The van der Waals surface area contributed by atoms with Crippen molar-refractivity contribution >= 4 is 11.6 Å². The number of benzene rings is 1. The van der Waals surface area contributed by atoms with Gasteiger partial charge in [-0.3, -0.25) is 9.69 Å². The minimum absolute atomic E-state index is 0.0813. The summed E-state index contributed by atoms with van der Waals surface area (Å²) in [5, 5.41) is 2.98. The second kappa shape index (κ2) is 8.43. The first kappa shape index (κ1) is 16.4. The Morgan fingerprint density at radius 3 is 2.87 bits per heavy atom. The molecule has 1 N–H and O–H groups in total. The fraction of sp³-hybridized carbons (Fsp3) is 0.611. The summed E-state index contributed by atoms with van der Waals surface area (Å²) in [5.74, 6) is -0.100. The number of nitrogens with one attached hydrogen (secondary N) is 1. The van der Waals surface area contributed by atoms with Crippen molar-refractivity contribution in [3.63, 3.8) is 0 Å². The first-order chi connectivity index (χ1) is 11.3. The molecule has 2 aliphatic heterocycles. The van der Waals surface area contributed by atoms with Crippen molar-refractivity contribution < 1.29 is 14.3 Å². The highest BCUT2D eigenvalue weighted by molar-refractivity contribution is 5.92. The first-order valence-electron chi connectivity index (χ1n) is 8.61. The van der Waals surface area contributed by atoms with Crippen LogP contribution in [0.15, 0.2) is 24.3 Å². The molecule has 2 saturated heterocycles. The maximum Gasteiger partial charge on any atom is 0.250 e. The molecule has 2 fully saturated rings. The Labute approximate surface area is 137 Å². The van der Waals surface area contributed by atoms with Crippen molar-refractivity contribution in [2.45, 2.75) is 38.3 Å². The Kier molecular flexibility index (Phi) is 6.02. The third-order valence-electron chi connectivity index (χ3n) is 4.44. The zero-order valence-corrected chi connectivity index (χ0v) is 13.6. The number of ether oxygens (including phenoxy) is 2. The average molecular weight is 318 g/mol. The Balaban J connectivity index is 1.47. The summed E-state index contributed by atoms with van der Waals surface area (Å²) in [6.45, 7) is 4.58. The van der Waals surface area contributed by atoms with Gasteiger partial charge >= 0.3 is 0 Å². The number of hydrogen-bond acceptors (Lipinski definition) is 4. The molecule has 1 aromatic carbocycles. The summed E-state index contributed by atoms with van der Waals surface area (Å²) in [7, 11) is 0. The number of likely N-dealkylation sites (tertiary alicyclic amines) is 1. The van der Waals surface area contributed by atoms with Gasteiger partial charge in [-0.05, 0) is 50.4 Å². The summed E-state index contributed by atoms with van der Waals surface area (Å²) >= 11 is 0. The fourth-order valence-electron chi connectivity index (χ4n) is 3.21. The second-order valence-electron chi connectivity index (χ2n) is 6.34. The quantitative estimate of drug-likeness (QED) is 0.839. The average Bonchev–Trinajstić information content (AvgIpc) is 3.23. The van der Waals surface area contributed by atoms with Crippen LogP contribution in [0.1, 0.15) is 31.2 Å². The van der Waals surface area contributed by atoms with Crippen molar-refractivity contribution in [3.05, 3.63) is 29.8 Å². The van der Waals surface area contributed by atoms with Gasteiger partial charge in [-0.2, -0.15) is 0 Å². The van der Waals surface area contributed by atoms with E-state index in [9.17, 15) is 4.79 Å². The summed E-state index contributed by atoms with van der Waals surface area (Å²) in [4.78, 5) is 14.5. The number of rotatable bonds is 7. The Morgan fingerprint density at radius 1 is 1.26 bits per heavy atom. The summed E-state index contributed by atoms with van der Waals surface area (Å²) in [5.41, 5.74) is 2.06. The number of anilines is 1. The SMILES string of the molecule is O=C(COCC1CCCO1)Nc1ccccc1CN1CCCC1. The summed E-state index contributed by atoms with van der Waals surface area (Å²) in [6, 6.07) is 8.02. The fourth-order valence-corrected chi connectivity index (χ4v) is 3.21. The van der Waals surface area contributed by atoms with Crippen LogP contribution in [0.25, 0.3) is 0 Å². The van der Waals surface area contributed by atoms with Crippen LogP contribution in [0.5, 0.6) is 0 Å². The molecule has 0 bridgehead atoms. The van der Waals surface area contributed by atoms with E-state index in [1.54, 1.807) is 0 Å². The number of para-hydroxylation sites is 1. The molecule has 0 aromatic heterocycles. The zero-order valence-electron chi connectivity index (χ0n) is 13.6. The van der Waals surface area contributed by atoms with Gasteiger partial charge < -0.3 is 14.8 Å². The molecule has 2 heterocycles. The second-order valence-corrected chi connectivity index (χ2v) is 6.34. The van der Waals surface area contributed by atoms with E-state index in [2.05, 4.69) is 16.3 Å². The minimum atomic E-state index is -0.100. The van der Waals surface area contributed by atoms with Crippen molar-refractivity contribution in [1.82, 2.24) is 4.90 Å². The van der Waals surface area contributed by atoms with E-state index in [4.69, 9.17) is 9.47 Å². The molecule has 5 heteroatoms. The van der Waals surface area contributed by atoms with E-state index >= 15 is 0 Å².